The van der Waals surface area contributed by atoms with E-state index in [0.29, 0.717) is 23.8 Å². The van der Waals surface area contributed by atoms with Gasteiger partial charge >= 0.3 is 12.0 Å². The van der Waals surface area contributed by atoms with Crippen LogP contribution in [0, 0.1) is 5.92 Å². The first-order chi connectivity index (χ1) is 14.8. The highest BCUT2D eigenvalue weighted by Gasteiger charge is 2.42. The van der Waals surface area contributed by atoms with Crippen LogP contribution in [0.2, 0.25) is 0 Å². The van der Waals surface area contributed by atoms with Gasteiger partial charge in [0, 0.05) is 6.20 Å². The largest absolute Gasteiger partial charge is 0.497 e. The van der Waals surface area contributed by atoms with Gasteiger partial charge in [0.15, 0.2) is 5.84 Å². The summed E-state index contributed by atoms with van der Waals surface area (Å²) in [5.41, 5.74) is 3.02. The van der Waals surface area contributed by atoms with Gasteiger partial charge in [-0.3, -0.25) is 14.8 Å². The molecular weight excluding hydrogens is 396 g/mol. The second kappa shape index (κ2) is 8.02. The minimum Gasteiger partial charge on any atom is -0.497 e. The van der Waals surface area contributed by atoms with Crippen molar-refractivity contribution in [1.82, 2.24) is 9.88 Å². The summed E-state index contributed by atoms with van der Waals surface area (Å²) in [5, 5.41) is 9.47. The van der Waals surface area contributed by atoms with Crippen LogP contribution in [-0.4, -0.2) is 52.5 Å². The minimum absolute atomic E-state index is 0.0174. The molecule has 3 heterocycles. The number of ether oxygens (including phenoxy) is 1. The summed E-state index contributed by atoms with van der Waals surface area (Å²) in [7, 11) is 1.61. The number of anilines is 1. The van der Waals surface area contributed by atoms with E-state index in [1.165, 1.54) is 12.3 Å². The molecule has 2 amide bonds. The highest BCUT2D eigenvalue weighted by atomic mass is 16.5. The molecule has 2 aliphatic rings. The van der Waals surface area contributed by atoms with E-state index >= 15 is 0 Å². The van der Waals surface area contributed by atoms with Crippen molar-refractivity contribution >= 4 is 23.5 Å². The van der Waals surface area contributed by atoms with Crippen LogP contribution in [0.3, 0.4) is 0 Å². The SMILES string of the molecule is CCc1cc(CN2C(=O)N3CC(C(C)C)N=C3c3ncc(C(=O)O)cc32)cc(OC)c1. The van der Waals surface area contributed by atoms with Crippen molar-refractivity contribution < 1.29 is 19.4 Å². The van der Waals surface area contributed by atoms with Crippen LogP contribution >= 0.6 is 0 Å². The number of amides is 2. The number of carboxylic acids is 1. The highest BCUT2D eigenvalue weighted by molar-refractivity contribution is 6.19. The third-order valence-electron chi connectivity index (χ3n) is 5.77. The lowest BCUT2D eigenvalue weighted by molar-refractivity contribution is 0.0696. The molecule has 0 saturated carbocycles. The summed E-state index contributed by atoms with van der Waals surface area (Å²) in [6, 6.07) is 7.17. The van der Waals surface area contributed by atoms with E-state index < -0.39 is 5.97 Å². The van der Waals surface area contributed by atoms with Gasteiger partial charge in [0.25, 0.3) is 0 Å². The Morgan fingerprint density at radius 1 is 1.26 bits per heavy atom. The number of hydrogen-bond donors (Lipinski definition) is 1. The highest BCUT2D eigenvalue weighted by Crippen LogP contribution is 2.34. The average Bonchev–Trinajstić information content (AvgIpc) is 3.22. The number of aryl methyl sites for hydroxylation is 1. The lowest BCUT2D eigenvalue weighted by Gasteiger charge is -2.35. The smallest absolute Gasteiger partial charge is 0.337 e. The van der Waals surface area contributed by atoms with Crippen molar-refractivity contribution in [2.24, 2.45) is 10.9 Å². The van der Waals surface area contributed by atoms with Crippen molar-refractivity contribution in [3.63, 3.8) is 0 Å². The Balaban J connectivity index is 1.80. The van der Waals surface area contributed by atoms with Crippen LogP contribution in [0.25, 0.3) is 0 Å². The molecule has 31 heavy (non-hydrogen) atoms. The topological polar surface area (TPSA) is 95.3 Å². The monoisotopic (exact) mass is 422 g/mol. The molecule has 1 aromatic carbocycles. The molecule has 0 bridgehead atoms. The molecule has 8 heteroatoms. The molecule has 0 aliphatic carbocycles. The van der Waals surface area contributed by atoms with Gasteiger partial charge in [-0.25, -0.2) is 14.6 Å². The number of benzene rings is 1. The predicted molar refractivity (Wildman–Crippen MR) is 117 cm³/mol. The number of urea groups is 1. The maximum Gasteiger partial charge on any atom is 0.337 e. The lowest BCUT2D eigenvalue weighted by atomic mass is 10.1. The Kier molecular flexibility index (Phi) is 5.39. The first-order valence-corrected chi connectivity index (χ1v) is 10.4. The van der Waals surface area contributed by atoms with Gasteiger partial charge < -0.3 is 9.84 Å². The number of aromatic nitrogens is 1. The first-order valence-electron chi connectivity index (χ1n) is 10.4. The van der Waals surface area contributed by atoms with Gasteiger partial charge in [-0.15, -0.1) is 0 Å². The zero-order valence-electron chi connectivity index (χ0n) is 18.1. The summed E-state index contributed by atoms with van der Waals surface area (Å²) in [6.45, 7) is 6.96. The van der Waals surface area contributed by atoms with Gasteiger partial charge in [-0.05, 0) is 41.7 Å². The molecule has 8 nitrogen and oxygen atoms in total. The van der Waals surface area contributed by atoms with Crippen LogP contribution in [-0.2, 0) is 13.0 Å². The minimum atomic E-state index is -1.09. The van der Waals surface area contributed by atoms with Crippen LogP contribution in [0.4, 0.5) is 10.5 Å². The molecule has 1 aromatic heterocycles. The van der Waals surface area contributed by atoms with Crippen molar-refractivity contribution in [1.29, 1.82) is 0 Å². The molecule has 0 spiro atoms. The van der Waals surface area contributed by atoms with Crippen molar-refractivity contribution in [3.8, 4) is 5.75 Å². The Labute approximate surface area is 181 Å². The number of fused-ring (bicyclic) bond motifs is 3. The molecule has 2 aromatic rings. The van der Waals surface area contributed by atoms with E-state index in [0.717, 1.165) is 23.3 Å². The molecule has 0 saturated heterocycles. The number of aromatic carboxylic acids is 1. The summed E-state index contributed by atoms with van der Waals surface area (Å²) >= 11 is 0. The summed E-state index contributed by atoms with van der Waals surface area (Å²) in [4.78, 5) is 37.4. The van der Waals surface area contributed by atoms with E-state index in [-0.39, 0.29) is 30.1 Å². The van der Waals surface area contributed by atoms with E-state index in [1.54, 1.807) is 16.9 Å². The number of hydrogen-bond acceptors (Lipinski definition) is 5. The van der Waals surface area contributed by atoms with Gasteiger partial charge in [0.1, 0.15) is 11.4 Å². The Bertz CT molecular complexity index is 1060. The molecule has 162 valence electrons. The quantitative estimate of drug-likeness (QED) is 0.768. The fourth-order valence-electron chi connectivity index (χ4n) is 3.93. The Morgan fingerprint density at radius 3 is 2.65 bits per heavy atom. The van der Waals surface area contributed by atoms with Crippen LogP contribution in [0.5, 0.6) is 5.75 Å². The number of aliphatic imine (C=N–C) groups is 1. The van der Waals surface area contributed by atoms with Crippen molar-refractivity contribution in [3.05, 3.63) is 52.8 Å². The number of methoxy groups -OCH3 is 1. The van der Waals surface area contributed by atoms with E-state index in [4.69, 9.17) is 9.73 Å². The maximum absolute atomic E-state index is 13.5. The van der Waals surface area contributed by atoms with Crippen molar-refractivity contribution in [2.75, 3.05) is 18.6 Å². The molecule has 1 unspecified atom stereocenters. The van der Waals surface area contributed by atoms with E-state index in [9.17, 15) is 14.7 Å². The zero-order chi connectivity index (χ0) is 22.3. The molecule has 2 aliphatic heterocycles. The van der Waals surface area contributed by atoms with Gasteiger partial charge in [-0.2, -0.15) is 0 Å². The van der Waals surface area contributed by atoms with Crippen LogP contribution < -0.4 is 9.64 Å². The number of nitrogens with zero attached hydrogens (tertiary/aromatic N) is 4. The average molecular weight is 422 g/mol. The summed E-state index contributed by atoms with van der Waals surface area (Å²) in [6.07, 6.45) is 2.15. The number of carbonyl (C=O) groups excluding carboxylic acids is 1. The molecular formula is C23H26N4O4. The number of pyridine rings is 1. The first kappa shape index (κ1) is 20.8. The molecule has 0 fully saturated rings. The van der Waals surface area contributed by atoms with Crippen LogP contribution in [0.1, 0.15) is 48.0 Å². The van der Waals surface area contributed by atoms with Gasteiger partial charge in [-0.1, -0.05) is 26.8 Å². The maximum atomic E-state index is 13.5. The van der Waals surface area contributed by atoms with Crippen molar-refractivity contribution in [2.45, 2.75) is 39.8 Å². The molecule has 0 radical (unpaired) electrons. The number of carbonyl (C=O) groups is 2. The molecule has 1 N–H and O–H groups in total. The number of carboxylic acid groups (broad SMARTS) is 1. The lowest BCUT2D eigenvalue weighted by Crippen LogP contribution is -2.50. The Hall–Kier alpha value is -3.42. The third kappa shape index (κ3) is 3.73. The fraction of sp³-hybridized carbons (Fsp3) is 0.391. The number of amidine groups is 1. The molecule has 1 atom stereocenters. The number of rotatable bonds is 6. The van der Waals surface area contributed by atoms with Gasteiger partial charge in [0.05, 0.1) is 37.5 Å². The fourth-order valence-corrected chi connectivity index (χ4v) is 3.93. The van der Waals surface area contributed by atoms with Gasteiger partial charge in [0.2, 0.25) is 0 Å². The van der Waals surface area contributed by atoms with E-state index in [1.807, 2.05) is 18.2 Å². The Morgan fingerprint density at radius 2 is 2.00 bits per heavy atom. The summed E-state index contributed by atoms with van der Waals surface area (Å²) < 4.78 is 5.42. The standard InChI is InChI=1S/C23H26N4O4/c1-5-14-6-15(8-17(7-14)31-4)11-26-19-9-16(22(28)29)10-24-20(19)21-25-18(13(2)3)12-27(21)23(26)30/h6-10,13,18H,5,11-12H2,1-4H3,(H,28,29). The zero-order valence-corrected chi connectivity index (χ0v) is 18.1. The normalized spacial score (nSPS) is 17.5. The summed E-state index contributed by atoms with van der Waals surface area (Å²) in [5.74, 6) is 0.423. The third-order valence-corrected chi connectivity index (χ3v) is 5.77. The second-order valence-electron chi connectivity index (χ2n) is 8.18. The molecule has 4 rings (SSSR count). The van der Waals surface area contributed by atoms with E-state index in [2.05, 4.69) is 25.8 Å². The second-order valence-corrected chi connectivity index (χ2v) is 8.18. The van der Waals surface area contributed by atoms with Crippen LogP contribution in [0.15, 0.2) is 35.5 Å². The predicted octanol–water partition coefficient (Wildman–Crippen LogP) is 3.58.